The van der Waals surface area contributed by atoms with E-state index < -0.39 is 0 Å². The lowest BCUT2D eigenvalue weighted by atomic mass is 10.1. The van der Waals surface area contributed by atoms with Gasteiger partial charge in [-0.25, -0.2) is 4.68 Å². The molecule has 0 saturated carbocycles. The molecular weight excluding hydrogens is 272 g/mol. The first-order chi connectivity index (χ1) is 10.6. The summed E-state index contributed by atoms with van der Waals surface area (Å²) in [4.78, 5) is 0. The lowest BCUT2D eigenvalue weighted by molar-refractivity contribution is 0.799. The Bertz CT molecular complexity index is 800. The van der Waals surface area contributed by atoms with Gasteiger partial charge in [0.15, 0.2) is 0 Å². The van der Waals surface area contributed by atoms with Crippen molar-refractivity contribution in [3.63, 3.8) is 0 Å². The molecule has 0 aliphatic heterocycles. The molecular formula is C18H20N4. The summed E-state index contributed by atoms with van der Waals surface area (Å²) in [5, 5.41) is 8.56. The second kappa shape index (κ2) is 5.73. The van der Waals surface area contributed by atoms with Crippen molar-refractivity contribution in [1.29, 1.82) is 0 Å². The molecule has 2 aromatic carbocycles. The summed E-state index contributed by atoms with van der Waals surface area (Å²) in [7, 11) is 0. The molecule has 3 rings (SSSR count). The average molecular weight is 292 g/mol. The van der Waals surface area contributed by atoms with Crippen molar-refractivity contribution in [2.45, 2.75) is 27.3 Å². The normalized spacial score (nSPS) is 10.9. The van der Waals surface area contributed by atoms with Gasteiger partial charge in [-0.15, -0.1) is 5.10 Å². The van der Waals surface area contributed by atoms with Crippen LogP contribution in [-0.4, -0.2) is 15.0 Å². The van der Waals surface area contributed by atoms with Crippen LogP contribution in [0.25, 0.3) is 16.9 Å². The summed E-state index contributed by atoms with van der Waals surface area (Å²) in [6.45, 7) is 6.65. The molecule has 2 N–H and O–H groups in total. The lowest BCUT2D eigenvalue weighted by Gasteiger charge is -2.10. The van der Waals surface area contributed by atoms with Crippen LogP contribution in [0.3, 0.4) is 0 Å². The maximum absolute atomic E-state index is 5.85. The molecule has 4 heteroatoms. The molecule has 0 aliphatic rings. The van der Waals surface area contributed by atoms with Crippen molar-refractivity contribution in [3.05, 3.63) is 64.8 Å². The van der Waals surface area contributed by atoms with Crippen molar-refractivity contribution in [3.8, 4) is 16.9 Å². The van der Waals surface area contributed by atoms with Gasteiger partial charge in [0, 0.05) is 12.1 Å². The highest BCUT2D eigenvalue weighted by atomic mass is 15.4. The van der Waals surface area contributed by atoms with Gasteiger partial charge in [0.1, 0.15) is 5.69 Å². The Morgan fingerprint density at radius 1 is 0.955 bits per heavy atom. The zero-order valence-corrected chi connectivity index (χ0v) is 13.2. The largest absolute Gasteiger partial charge is 0.325 e. The Kier molecular flexibility index (Phi) is 3.77. The van der Waals surface area contributed by atoms with Gasteiger partial charge in [0.05, 0.1) is 11.4 Å². The summed E-state index contributed by atoms with van der Waals surface area (Å²) in [6, 6.07) is 14.7. The monoisotopic (exact) mass is 292 g/mol. The molecule has 0 unspecified atom stereocenters. The zero-order valence-electron chi connectivity index (χ0n) is 13.2. The van der Waals surface area contributed by atoms with E-state index in [0.29, 0.717) is 6.54 Å². The van der Waals surface area contributed by atoms with Gasteiger partial charge in [-0.3, -0.25) is 0 Å². The molecule has 0 amide bonds. The number of nitrogens with two attached hydrogens (primary N) is 1. The zero-order chi connectivity index (χ0) is 15.7. The van der Waals surface area contributed by atoms with E-state index in [-0.39, 0.29) is 0 Å². The standard InChI is InChI=1S/C18H20N4/c1-12-4-7-15(8-5-12)18-17(11-19)20-21-22(18)16-9-6-13(2)14(3)10-16/h4-10H,11,19H2,1-3H3. The number of hydrogen-bond donors (Lipinski definition) is 1. The van der Waals surface area contributed by atoms with Crippen LogP contribution in [0.1, 0.15) is 22.4 Å². The molecule has 0 atom stereocenters. The Labute approximate surface area is 130 Å². The van der Waals surface area contributed by atoms with Crippen molar-refractivity contribution in [1.82, 2.24) is 15.0 Å². The fraction of sp³-hybridized carbons (Fsp3) is 0.222. The number of rotatable bonds is 3. The topological polar surface area (TPSA) is 56.7 Å². The first kappa shape index (κ1) is 14.5. The molecule has 0 saturated heterocycles. The summed E-state index contributed by atoms with van der Waals surface area (Å²) < 4.78 is 1.87. The molecule has 4 nitrogen and oxygen atoms in total. The average Bonchev–Trinajstić information content (AvgIpc) is 2.95. The second-order valence-corrected chi connectivity index (χ2v) is 5.64. The summed E-state index contributed by atoms with van der Waals surface area (Å²) >= 11 is 0. The molecule has 0 radical (unpaired) electrons. The van der Waals surface area contributed by atoms with Crippen LogP contribution in [0.5, 0.6) is 0 Å². The Morgan fingerprint density at radius 2 is 1.68 bits per heavy atom. The van der Waals surface area contributed by atoms with E-state index in [1.54, 1.807) is 0 Å². The van der Waals surface area contributed by atoms with E-state index >= 15 is 0 Å². The van der Waals surface area contributed by atoms with Crippen LogP contribution in [0.2, 0.25) is 0 Å². The maximum Gasteiger partial charge on any atom is 0.105 e. The molecule has 0 bridgehead atoms. The van der Waals surface area contributed by atoms with E-state index in [1.807, 2.05) is 4.68 Å². The van der Waals surface area contributed by atoms with Crippen LogP contribution >= 0.6 is 0 Å². The van der Waals surface area contributed by atoms with E-state index in [1.165, 1.54) is 16.7 Å². The molecule has 0 aliphatic carbocycles. The van der Waals surface area contributed by atoms with Crippen molar-refractivity contribution < 1.29 is 0 Å². The number of aromatic nitrogens is 3. The fourth-order valence-corrected chi connectivity index (χ4v) is 2.49. The first-order valence-corrected chi connectivity index (χ1v) is 7.39. The SMILES string of the molecule is Cc1ccc(-c2c(CN)nnn2-c2ccc(C)c(C)c2)cc1. The minimum atomic E-state index is 0.369. The number of hydrogen-bond acceptors (Lipinski definition) is 3. The maximum atomic E-state index is 5.85. The smallest absolute Gasteiger partial charge is 0.105 e. The number of nitrogens with zero attached hydrogens (tertiary/aromatic N) is 3. The molecule has 1 aromatic heterocycles. The molecule has 22 heavy (non-hydrogen) atoms. The summed E-state index contributed by atoms with van der Waals surface area (Å²) in [6.07, 6.45) is 0. The van der Waals surface area contributed by atoms with Crippen LogP contribution < -0.4 is 5.73 Å². The predicted molar refractivity (Wildman–Crippen MR) is 88.9 cm³/mol. The van der Waals surface area contributed by atoms with Crippen molar-refractivity contribution >= 4 is 0 Å². The Balaban J connectivity index is 2.18. The van der Waals surface area contributed by atoms with E-state index in [2.05, 4.69) is 73.5 Å². The van der Waals surface area contributed by atoms with Gasteiger partial charge in [-0.2, -0.15) is 0 Å². The van der Waals surface area contributed by atoms with Crippen molar-refractivity contribution in [2.24, 2.45) is 5.73 Å². The van der Waals surface area contributed by atoms with Crippen LogP contribution in [0, 0.1) is 20.8 Å². The minimum absolute atomic E-state index is 0.369. The number of benzene rings is 2. The van der Waals surface area contributed by atoms with Crippen LogP contribution in [0.4, 0.5) is 0 Å². The Morgan fingerprint density at radius 3 is 2.32 bits per heavy atom. The molecule has 1 heterocycles. The molecule has 0 spiro atoms. The third-order valence-corrected chi connectivity index (χ3v) is 3.99. The van der Waals surface area contributed by atoms with Gasteiger partial charge in [0.2, 0.25) is 0 Å². The predicted octanol–water partition coefficient (Wildman–Crippen LogP) is 3.32. The van der Waals surface area contributed by atoms with Gasteiger partial charge in [-0.05, 0) is 44.0 Å². The highest BCUT2D eigenvalue weighted by Gasteiger charge is 2.15. The second-order valence-electron chi connectivity index (χ2n) is 5.64. The first-order valence-electron chi connectivity index (χ1n) is 7.39. The third kappa shape index (κ3) is 2.53. The van der Waals surface area contributed by atoms with Gasteiger partial charge >= 0.3 is 0 Å². The third-order valence-electron chi connectivity index (χ3n) is 3.99. The fourth-order valence-electron chi connectivity index (χ4n) is 2.49. The molecule has 3 aromatic rings. The highest BCUT2D eigenvalue weighted by Crippen LogP contribution is 2.26. The van der Waals surface area contributed by atoms with E-state index in [9.17, 15) is 0 Å². The molecule has 0 fully saturated rings. The van der Waals surface area contributed by atoms with E-state index in [0.717, 1.165) is 22.6 Å². The quantitative estimate of drug-likeness (QED) is 0.805. The van der Waals surface area contributed by atoms with Gasteiger partial charge in [-0.1, -0.05) is 41.1 Å². The summed E-state index contributed by atoms with van der Waals surface area (Å²) in [5.74, 6) is 0. The van der Waals surface area contributed by atoms with Crippen molar-refractivity contribution in [2.75, 3.05) is 0 Å². The lowest BCUT2D eigenvalue weighted by Crippen LogP contribution is -2.03. The Hall–Kier alpha value is -2.46. The van der Waals surface area contributed by atoms with Crippen LogP contribution in [0.15, 0.2) is 42.5 Å². The molecule has 112 valence electrons. The number of aryl methyl sites for hydroxylation is 3. The highest BCUT2D eigenvalue weighted by molar-refractivity contribution is 5.64. The minimum Gasteiger partial charge on any atom is -0.325 e. The van der Waals surface area contributed by atoms with Gasteiger partial charge < -0.3 is 5.73 Å². The van der Waals surface area contributed by atoms with Crippen LogP contribution in [-0.2, 0) is 6.54 Å². The summed E-state index contributed by atoms with van der Waals surface area (Å²) in [5.41, 5.74) is 13.4. The van der Waals surface area contributed by atoms with E-state index in [4.69, 9.17) is 5.73 Å². The van der Waals surface area contributed by atoms with Gasteiger partial charge in [0.25, 0.3) is 0 Å².